The van der Waals surface area contributed by atoms with Crippen molar-refractivity contribution in [3.05, 3.63) is 108 Å². The maximum atomic E-state index is 2.74. The van der Waals surface area contributed by atoms with E-state index in [-0.39, 0.29) is 0 Å². The van der Waals surface area contributed by atoms with E-state index >= 15 is 0 Å². The molecule has 172 valence electrons. The maximum Gasteiger partial charge on any atom is 0.0725 e. The molecule has 0 spiro atoms. The van der Waals surface area contributed by atoms with Crippen LogP contribution in [0.2, 0.25) is 0 Å². The highest BCUT2D eigenvalue weighted by molar-refractivity contribution is 7.23. The third kappa shape index (κ3) is 2.41. The highest BCUT2D eigenvalue weighted by atomic mass is 32.1. The maximum absolute atomic E-state index is 2.74. The van der Waals surface area contributed by atoms with Crippen molar-refractivity contribution in [1.29, 1.82) is 0 Å². The highest BCUT2D eigenvalue weighted by Gasteiger charge is 2.45. The van der Waals surface area contributed by atoms with Crippen LogP contribution in [0.3, 0.4) is 0 Å². The van der Waals surface area contributed by atoms with Gasteiger partial charge in [-0.3, -0.25) is 0 Å². The van der Waals surface area contributed by atoms with Crippen molar-refractivity contribution in [2.24, 2.45) is 0 Å². The van der Waals surface area contributed by atoms with E-state index in [9.17, 15) is 0 Å². The lowest BCUT2D eigenvalue weighted by atomic mass is 9.84. The molecular formula is C32H22N2S2. The monoisotopic (exact) mass is 498 g/mol. The van der Waals surface area contributed by atoms with Gasteiger partial charge in [-0.25, -0.2) is 0 Å². The standard InChI is InChI=1S/C32H22N2S2/c1-3-11-21-19(9-1)25-17-34-26(18-33(25)29-23-13-5-7-15-27(23)35-31(21)29)20-10-2-4-12-22(20)32-30(34)24-14-6-8-16-28(24)36-32/h1-16,25-26H,17-18H2. The van der Waals surface area contributed by atoms with Crippen molar-refractivity contribution in [2.75, 3.05) is 22.9 Å². The Morgan fingerprint density at radius 2 is 0.917 bits per heavy atom. The summed E-state index contributed by atoms with van der Waals surface area (Å²) in [5, 5.41) is 2.80. The van der Waals surface area contributed by atoms with Gasteiger partial charge in [0.2, 0.25) is 0 Å². The molecule has 2 nitrogen and oxygen atoms in total. The molecule has 6 aromatic rings. The number of nitrogens with zero attached hydrogens (tertiary/aromatic N) is 2. The van der Waals surface area contributed by atoms with Crippen LogP contribution >= 0.6 is 22.7 Å². The molecule has 2 unspecified atom stereocenters. The number of anilines is 2. The zero-order valence-corrected chi connectivity index (χ0v) is 21.2. The predicted molar refractivity (Wildman–Crippen MR) is 155 cm³/mol. The van der Waals surface area contributed by atoms with Gasteiger partial charge in [0, 0.05) is 33.3 Å². The van der Waals surface area contributed by atoms with Gasteiger partial charge in [0.1, 0.15) is 0 Å². The first-order valence-electron chi connectivity index (χ1n) is 12.6. The Balaban J connectivity index is 1.31. The minimum Gasteiger partial charge on any atom is -0.359 e. The number of thiophene rings is 2. The van der Waals surface area contributed by atoms with E-state index < -0.39 is 0 Å². The molecule has 0 saturated carbocycles. The van der Waals surface area contributed by atoms with Crippen molar-refractivity contribution < 1.29 is 0 Å². The summed E-state index contributed by atoms with van der Waals surface area (Å²) in [6.07, 6.45) is 0. The molecule has 3 aliphatic rings. The van der Waals surface area contributed by atoms with Crippen molar-refractivity contribution in [3.8, 4) is 20.9 Å². The highest BCUT2D eigenvalue weighted by Crippen LogP contribution is 2.59. The van der Waals surface area contributed by atoms with E-state index in [2.05, 4.69) is 107 Å². The zero-order chi connectivity index (χ0) is 23.4. The normalized spacial score (nSPS) is 19.3. The topological polar surface area (TPSA) is 6.48 Å². The second-order valence-corrected chi connectivity index (χ2v) is 12.2. The number of hydrogen-bond donors (Lipinski definition) is 0. The fraction of sp³-hybridized carbons (Fsp3) is 0.125. The van der Waals surface area contributed by atoms with Crippen molar-refractivity contribution >= 4 is 54.2 Å². The lowest BCUT2D eigenvalue weighted by Gasteiger charge is -2.52. The first-order chi connectivity index (χ1) is 17.9. The van der Waals surface area contributed by atoms with E-state index in [0.29, 0.717) is 12.1 Å². The summed E-state index contributed by atoms with van der Waals surface area (Å²) >= 11 is 3.90. The quantitative estimate of drug-likeness (QED) is 0.206. The first kappa shape index (κ1) is 19.6. The Kier molecular flexibility index (Phi) is 3.80. The van der Waals surface area contributed by atoms with E-state index in [1.54, 1.807) is 0 Å². The molecule has 0 amide bonds. The molecule has 1 fully saturated rings. The lowest BCUT2D eigenvalue weighted by molar-refractivity contribution is 0.461. The van der Waals surface area contributed by atoms with Gasteiger partial charge in [-0.15, -0.1) is 22.7 Å². The summed E-state index contributed by atoms with van der Waals surface area (Å²) in [4.78, 5) is 8.35. The fourth-order valence-electron chi connectivity index (χ4n) is 6.84. The average molecular weight is 499 g/mol. The van der Waals surface area contributed by atoms with Crippen LogP contribution in [0.15, 0.2) is 97.1 Å². The van der Waals surface area contributed by atoms with Crippen LogP contribution in [0.1, 0.15) is 23.2 Å². The third-order valence-corrected chi connectivity index (χ3v) is 10.7. The van der Waals surface area contributed by atoms with E-state index in [1.807, 2.05) is 22.7 Å². The van der Waals surface area contributed by atoms with Gasteiger partial charge in [0.05, 0.1) is 33.2 Å². The number of fused-ring (bicyclic) bond motifs is 16. The van der Waals surface area contributed by atoms with E-state index in [0.717, 1.165) is 13.1 Å². The van der Waals surface area contributed by atoms with Gasteiger partial charge in [0.15, 0.2) is 0 Å². The molecule has 5 heterocycles. The van der Waals surface area contributed by atoms with Gasteiger partial charge >= 0.3 is 0 Å². The van der Waals surface area contributed by atoms with Gasteiger partial charge < -0.3 is 9.80 Å². The summed E-state index contributed by atoms with van der Waals surface area (Å²) in [5.41, 5.74) is 8.65. The minimum absolute atomic E-state index is 0.333. The lowest BCUT2D eigenvalue weighted by Crippen LogP contribution is -2.52. The fourth-order valence-corrected chi connectivity index (χ4v) is 9.36. The molecule has 3 aliphatic heterocycles. The van der Waals surface area contributed by atoms with Gasteiger partial charge in [0.25, 0.3) is 0 Å². The van der Waals surface area contributed by atoms with E-state index in [1.165, 1.54) is 63.6 Å². The molecule has 1 saturated heterocycles. The molecule has 4 aromatic carbocycles. The van der Waals surface area contributed by atoms with Crippen LogP contribution in [0.5, 0.6) is 0 Å². The predicted octanol–water partition coefficient (Wildman–Crippen LogP) is 8.89. The Hall–Kier alpha value is -3.60. The summed E-state index contributed by atoms with van der Waals surface area (Å²) in [6, 6.07) is 36.9. The van der Waals surface area contributed by atoms with Crippen molar-refractivity contribution in [2.45, 2.75) is 12.1 Å². The summed E-state index contributed by atoms with van der Waals surface area (Å²) < 4.78 is 2.77. The Bertz CT molecular complexity index is 1710. The molecule has 0 radical (unpaired) electrons. The van der Waals surface area contributed by atoms with Crippen LogP contribution in [-0.4, -0.2) is 13.1 Å². The van der Waals surface area contributed by atoms with Crippen LogP contribution < -0.4 is 9.80 Å². The summed E-state index contributed by atoms with van der Waals surface area (Å²) in [7, 11) is 0. The minimum atomic E-state index is 0.333. The Morgan fingerprint density at radius 1 is 0.500 bits per heavy atom. The summed E-state index contributed by atoms with van der Waals surface area (Å²) in [6.45, 7) is 1.99. The second-order valence-electron chi connectivity index (χ2n) is 10.1. The molecule has 36 heavy (non-hydrogen) atoms. The smallest absolute Gasteiger partial charge is 0.0725 e. The molecule has 4 heteroatoms. The summed E-state index contributed by atoms with van der Waals surface area (Å²) in [5.74, 6) is 0. The molecule has 2 aromatic heterocycles. The van der Waals surface area contributed by atoms with Crippen LogP contribution in [-0.2, 0) is 0 Å². The Morgan fingerprint density at radius 3 is 1.42 bits per heavy atom. The number of piperazine rings is 1. The number of hydrogen-bond acceptors (Lipinski definition) is 4. The van der Waals surface area contributed by atoms with Crippen molar-refractivity contribution in [1.82, 2.24) is 0 Å². The Labute approximate surface area is 217 Å². The van der Waals surface area contributed by atoms with Gasteiger partial charge in [-0.1, -0.05) is 84.9 Å². The van der Waals surface area contributed by atoms with Gasteiger partial charge in [-0.05, 0) is 34.4 Å². The SMILES string of the molecule is c1ccc2c(c1)-c1sc3ccccc3c1N1CC3c4ccccc4-c4sc5ccccc5c4N3CC21. The molecule has 0 bridgehead atoms. The van der Waals surface area contributed by atoms with Crippen LogP contribution in [0.25, 0.3) is 41.1 Å². The van der Waals surface area contributed by atoms with E-state index in [4.69, 9.17) is 0 Å². The van der Waals surface area contributed by atoms with Gasteiger partial charge in [-0.2, -0.15) is 0 Å². The third-order valence-electron chi connectivity index (χ3n) is 8.33. The molecule has 2 atom stereocenters. The second kappa shape index (κ2) is 7.00. The number of rotatable bonds is 0. The molecular weight excluding hydrogens is 477 g/mol. The molecule has 0 N–H and O–H groups in total. The van der Waals surface area contributed by atoms with Crippen LogP contribution in [0.4, 0.5) is 11.4 Å². The molecule has 9 rings (SSSR count). The largest absolute Gasteiger partial charge is 0.359 e. The van der Waals surface area contributed by atoms with Crippen molar-refractivity contribution in [3.63, 3.8) is 0 Å². The number of benzene rings is 4. The van der Waals surface area contributed by atoms with Crippen LogP contribution in [0, 0.1) is 0 Å². The zero-order valence-electron chi connectivity index (χ0n) is 19.5. The molecule has 0 aliphatic carbocycles. The average Bonchev–Trinajstić information content (AvgIpc) is 3.52. The first-order valence-corrected chi connectivity index (χ1v) is 14.2.